The van der Waals surface area contributed by atoms with Crippen LogP contribution in [0.4, 0.5) is 5.69 Å². The van der Waals surface area contributed by atoms with Crippen LogP contribution in [0, 0.1) is 0 Å². The number of carbonyl (C=O) groups is 1. The van der Waals surface area contributed by atoms with Gasteiger partial charge in [0, 0.05) is 22.6 Å². The van der Waals surface area contributed by atoms with Crippen LogP contribution >= 0.6 is 15.9 Å². The van der Waals surface area contributed by atoms with Gasteiger partial charge in [-0.3, -0.25) is 4.79 Å². The molecule has 3 N–H and O–H groups in total. The minimum Gasteiger partial charge on any atom is -0.368 e. The molecule has 0 bridgehead atoms. The van der Waals surface area contributed by atoms with Crippen LogP contribution in [0.5, 0.6) is 0 Å². The van der Waals surface area contributed by atoms with Gasteiger partial charge in [0.25, 0.3) is 0 Å². The standard InChI is InChI=1S/C15H22BrN3O/c1-18-8-7-12-4-2-3-9-19(12)14-6-5-11(15(17)20)10-13(14)16/h5-6,10,12,18H,2-4,7-9H2,1H3,(H2,17,20). The van der Waals surface area contributed by atoms with Crippen LogP contribution in [0.3, 0.4) is 0 Å². The third kappa shape index (κ3) is 3.52. The minimum atomic E-state index is -0.386. The van der Waals surface area contributed by atoms with E-state index in [1.807, 2.05) is 25.2 Å². The Morgan fingerprint density at radius 2 is 2.30 bits per heavy atom. The molecule has 0 spiro atoms. The largest absolute Gasteiger partial charge is 0.368 e. The van der Waals surface area contributed by atoms with Gasteiger partial charge >= 0.3 is 0 Å². The molecule has 1 aliphatic heterocycles. The number of nitrogens with two attached hydrogens (primary N) is 1. The highest BCUT2D eigenvalue weighted by atomic mass is 79.9. The van der Waals surface area contributed by atoms with Gasteiger partial charge in [-0.1, -0.05) is 0 Å². The predicted molar refractivity (Wildman–Crippen MR) is 86.2 cm³/mol. The molecule has 2 rings (SSSR count). The molecule has 110 valence electrons. The van der Waals surface area contributed by atoms with E-state index in [9.17, 15) is 4.79 Å². The van der Waals surface area contributed by atoms with Crippen molar-refractivity contribution in [3.05, 3.63) is 28.2 Å². The number of anilines is 1. The van der Waals surface area contributed by atoms with Crippen LogP contribution < -0.4 is 16.0 Å². The van der Waals surface area contributed by atoms with Gasteiger partial charge in [-0.25, -0.2) is 0 Å². The zero-order valence-electron chi connectivity index (χ0n) is 11.9. The van der Waals surface area contributed by atoms with Gasteiger partial charge < -0.3 is 16.0 Å². The molecular weight excluding hydrogens is 318 g/mol. The Hall–Kier alpha value is -1.07. The summed E-state index contributed by atoms with van der Waals surface area (Å²) in [6.45, 7) is 2.10. The van der Waals surface area contributed by atoms with Crippen LogP contribution in [0.2, 0.25) is 0 Å². The van der Waals surface area contributed by atoms with Gasteiger partial charge in [0.1, 0.15) is 0 Å². The second-order valence-electron chi connectivity index (χ2n) is 5.27. The summed E-state index contributed by atoms with van der Waals surface area (Å²) < 4.78 is 0.949. The molecule has 1 saturated heterocycles. The third-order valence-corrected chi connectivity index (χ3v) is 4.53. The molecule has 1 fully saturated rings. The van der Waals surface area contributed by atoms with Gasteiger partial charge in [0.15, 0.2) is 0 Å². The van der Waals surface area contributed by atoms with E-state index in [4.69, 9.17) is 5.73 Å². The average molecular weight is 340 g/mol. The second-order valence-corrected chi connectivity index (χ2v) is 6.12. The highest BCUT2D eigenvalue weighted by Gasteiger charge is 2.23. The molecule has 1 aromatic carbocycles. The van der Waals surface area contributed by atoms with E-state index in [1.54, 1.807) is 0 Å². The first-order valence-corrected chi connectivity index (χ1v) is 7.93. The zero-order chi connectivity index (χ0) is 14.5. The van der Waals surface area contributed by atoms with Crippen molar-refractivity contribution < 1.29 is 4.79 Å². The monoisotopic (exact) mass is 339 g/mol. The molecule has 1 atom stereocenters. The van der Waals surface area contributed by atoms with Crippen molar-refractivity contribution in [1.82, 2.24) is 5.32 Å². The van der Waals surface area contributed by atoms with Crippen molar-refractivity contribution in [2.75, 3.05) is 25.0 Å². The van der Waals surface area contributed by atoms with Crippen LogP contribution in [-0.2, 0) is 0 Å². The Morgan fingerprint density at radius 1 is 1.50 bits per heavy atom. The first-order chi connectivity index (χ1) is 9.63. The summed E-state index contributed by atoms with van der Waals surface area (Å²) in [6, 6.07) is 6.20. The molecule has 0 aliphatic carbocycles. The molecule has 0 saturated carbocycles. The Morgan fingerprint density at radius 3 is 2.95 bits per heavy atom. The Bertz CT molecular complexity index is 478. The summed E-state index contributed by atoms with van der Waals surface area (Å²) in [6.07, 6.45) is 4.88. The van der Waals surface area contributed by atoms with Gasteiger partial charge in [0.2, 0.25) is 5.91 Å². The Balaban J connectivity index is 2.21. The van der Waals surface area contributed by atoms with E-state index in [0.717, 1.165) is 29.7 Å². The number of hydrogen-bond donors (Lipinski definition) is 2. The Kier molecular flexibility index (Phi) is 5.43. The maximum atomic E-state index is 11.2. The number of nitrogens with one attached hydrogen (secondary N) is 1. The predicted octanol–water partition coefficient (Wildman–Crippen LogP) is 2.52. The van der Waals surface area contributed by atoms with E-state index < -0.39 is 0 Å². The molecule has 20 heavy (non-hydrogen) atoms. The lowest BCUT2D eigenvalue weighted by molar-refractivity contribution is 0.100. The fourth-order valence-corrected chi connectivity index (χ4v) is 3.43. The number of carbonyl (C=O) groups excluding carboxylic acids is 1. The van der Waals surface area contributed by atoms with Crippen LogP contribution in [0.25, 0.3) is 0 Å². The van der Waals surface area contributed by atoms with Gasteiger partial charge in [-0.05, 0) is 73.4 Å². The fourth-order valence-electron chi connectivity index (χ4n) is 2.82. The van der Waals surface area contributed by atoms with Gasteiger partial charge in [0.05, 0.1) is 5.69 Å². The summed E-state index contributed by atoms with van der Waals surface area (Å²) in [7, 11) is 1.99. The first kappa shape index (κ1) is 15.3. The number of amides is 1. The van der Waals surface area contributed by atoms with Gasteiger partial charge in [-0.15, -0.1) is 0 Å². The highest BCUT2D eigenvalue weighted by molar-refractivity contribution is 9.10. The fraction of sp³-hybridized carbons (Fsp3) is 0.533. The minimum absolute atomic E-state index is 0.386. The van der Waals surface area contributed by atoms with E-state index in [-0.39, 0.29) is 5.91 Å². The number of hydrogen-bond acceptors (Lipinski definition) is 3. The number of piperidine rings is 1. The van der Waals surface area contributed by atoms with Crippen molar-refractivity contribution in [2.45, 2.75) is 31.7 Å². The summed E-state index contributed by atoms with van der Waals surface area (Å²) in [5, 5.41) is 3.23. The third-order valence-electron chi connectivity index (χ3n) is 3.90. The lowest BCUT2D eigenvalue weighted by Gasteiger charge is -2.38. The summed E-state index contributed by atoms with van der Waals surface area (Å²) in [4.78, 5) is 13.7. The summed E-state index contributed by atoms with van der Waals surface area (Å²) in [5.41, 5.74) is 7.03. The second kappa shape index (κ2) is 7.09. The number of nitrogens with zero attached hydrogens (tertiary/aromatic N) is 1. The molecule has 4 nitrogen and oxygen atoms in total. The molecule has 1 unspecified atom stereocenters. The molecule has 5 heteroatoms. The molecule has 0 aromatic heterocycles. The van der Waals surface area contributed by atoms with E-state index >= 15 is 0 Å². The molecular formula is C15H22BrN3O. The smallest absolute Gasteiger partial charge is 0.248 e. The maximum Gasteiger partial charge on any atom is 0.248 e. The SMILES string of the molecule is CNCCC1CCCCN1c1ccc(C(N)=O)cc1Br. The lowest BCUT2D eigenvalue weighted by atomic mass is 9.98. The van der Waals surface area contributed by atoms with Crippen molar-refractivity contribution in [3.8, 4) is 0 Å². The normalized spacial score (nSPS) is 19.1. The van der Waals surface area contributed by atoms with Gasteiger partial charge in [-0.2, -0.15) is 0 Å². The van der Waals surface area contributed by atoms with Crippen molar-refractivity contribution >= 4 is 27.5 Å². The molecule has 1 amide bonds. The van der Waals surface area contributed by atoms with Crippen LogP contribution in [0.1, 0.15) is 36.0 Å². The topological polar surface area (TPSA) is 58.4 Å². The zero-order valence-corrected chi connectivity index (χ0v) is 13.4. The van der Waals surface area contributed by atoms with E-state index in [0.29, 0.717) is 11.6 Å². The van der Waals surface area contributed by atoms with Crippen molar-refractivity contribution in [1.29, 1.82) is 0 Å². The molecule has 0 radical (unpaired) electrons. The van der Waals surface area contributed by atoms with E-state index in [1.165, 1.54) is 19.3 Å². The average Bonchev–Trinajstić information content (AvgIpc) is 2.45. The lowest BCUT2D eigenvalue weighted by Crippen LogP contribution is -2.41. The summed E-state index contributed by atoms with van der Waals surface area (Å²) in [5.74, 6) is -0.386. The number of rotatable bonds is 5. The first-order valence-electron chi connectivity index (χ1n) is 7.14. The van der Waals surface area contributed by atoms with Crippen LogP contribution in [0.15, 0.2) is 22.7 Å². The molecule has 1 aliphatic rings. The van der Waals surface area contributed by atoms with E-state index in [2.05, 4.69) is 26.1 Å². The highest BCUT2D eigenvalue weighted by Crippen LogP contribution is 2.33. The van der Waals surface area contributed by atoms with Crippen molar-refractivity contribution in [2.24, 2.45) is 5.73 Å². The Labute approximate surface area is 128 Å². The number of halogens is 1. The summed E-state index contributed by atoms with van der Waals surface area (Å²) >= 11 is 3.58. The molecule has 1 heterocycles. The number of benzene rings is 1. The molecule has 1 aromatic rings. The number of primary amides is 1. The van der Waals surface area contributed by atoms with Crippen molar-refractivity contribution in [3.63, 3.8) is 0 Å². The quantitative estimate of drug-likeness (QED) is 0.866. The maximum absolute atomic E-state index is 11.2. The van der Waals surface area contributed by atoms with Crippen LogP contribution in [-0.4, -0.2) is 32.1 Å².